The highest BCUT2D eigenvalue weighted by molar-refractivity contribution is 5.96. The highest BCUT2D eigenvalue weighted by Gasteiger charge is 2.21. The normalized spacial score (nSPS) is 13.8. The summed E-state index contributed by atoms with van der Waals surface area (Å²) < 4.78 is 4.83. The minimum Gasteiger partial charge on any atom is -0.479 e. The van der Waals surface area contributed by atoms with Crippen LogP contribution in [0.1, 0.15) is 13.8 Å². The smallest absolute Gasteiger partial charge is 0.332 e. The summed E-state index contributed by atoms with van der Waals surface area (Å²) in [6, 6.07) is -0.668. The Kier molecular flexibility index (Phi) is 5.32. The first-order valence-electron chi connectivity index (χ1n) is 4.29. The molecule has 0 heterocycles. The zero-order chi connectivity index (χ0) is 12.0. The van der Waals surface area contributed by atoms with Gasteiger partial charge in [-0.05, 0) is 13.8 Å². The maximum absolute atomic E-state index is 11.2. The molecule has 0 saturated carbocycles. The van der Waals surface area contributed by atoms with Gasteiger partial charge in [0.1, 0.15) is 6.10 Å². The quantitative estimate of drug-likeness (QED) is 0.580. The summed E-state index contributed by atoms with van der Waals surface area (Å²) in [7, 11) is 1.36. The van der Waals surface area contributed by atoms with Gasteiger partial charge >= 0.3 is 12.0 Å². The lowest BCUT2D eigenvalue weighted by Crippen LogP contribution is -2.44. The lowest BCUT2D eigenvalue weighted by atomic mass is 10.3. The molecule has 0 radical (unpaired) electrons. The number of imide groups is 1. The third kappa shape index (κ3) is 4.96. The van der Waals surface area contributed by atoms with Crippen LogP contribution in [0, 0.1) is 0 Å². The van der Waals surface area contributed by atoms with Gasteiger partial charge < -0.3 is 15.2 Å². The number of amides is 3. The van der Waals surface area contributed by atoms with E-state index in [-0.39, 0.29) is 0 Å². The Morgan fingerprint density at radius 2 is 1.73 bits per heavy atom. The van der Waals surface area contributed by atoms with E-state index >= 15 is 0 Å². The third-order valence-corrected chi connectivity index (χ3v) is 1.59. The molecule has 0 aromatic heterocycles. The number of carbonyl (C=O) groups is 3. The molecular formula is C8H14N2O5. The van der Waals surface area contributed by atoms with Gasteiger partial charge in [0.25, 0.3) is 5.91 Å². The summed E-state index contributed by atoms with van der Waals surface area (Å²) in [5, 5.41) is 12.7. The van der Waals surface area contributed by atoms with Crippen molar-refractivity contribution < 1.29 is 24.2 Å². The van der Waals surface area contributed by atoms with Gasteiger partial charge in [-0.1, -0.05) is 0 Å². The van der Waals surface area contributed by atoms with Crippen molar-refractivity contribution in [1.82, 2.24) is 10.6 Å². The van der Waals surface area contributed by atoms with E-state index in [0.29, 0.717) is 0 Å². The minimum atomic E-state index is -1.17. The van der Waals surface area contributed by atoms with Crippen LogP contribution < -0.4 is 10.6 Å². The van der Waals surface area contributed by atoms with Crippen molar-refractivity contribution in [2.24, 2.45) is 0 Å². The second-order valence-corrected chi connectivity index (χ2v) is 2.83. The van der Waals surface area contributed by atoms with Crippen molar-refractivity contribution in [3.05, 3.63) is 0 Å². The highest BCUT2D eigenvalue weighted by atomic mass is 16.5. The molecule has 7 heteroatoms. The molecule has 0 aliphatic heterocycles. The van der Waals surface area contributed by atoms with Gasteiger partial charge in [-0.2, -0.15) is 0 Å². The predicted molar refractivity (Wildman–Crippen MR) is 50.2 cm³/mol. The molecular weight excluding hydrogens is 204 g/mol. The van der Waals surface area contributed by atoms with Crippen LogP contribution in [0.5, 0.6) is 0 Å². The van der Waals surface area contributed by atoms with Gasteiger partial charge in [-0.25, -0.2) is 9.59 Å². The summed E-state index contributed by atoms with van der Waals surface area (Å²) in [6.07, 6.45) is -2.11. The third-order valence-electron chi connectivity index (χ3n) is 1.59. The molecule has 3 N–H and O–H groups in total. The molecule has 0 aromatic carbocycles. The minimum absolute atomic E-state index is 0.668. The van der Waals surface area contributed by atoms with Crippen molar-refractivity contribution in [2.45, 2.75) is 26.1 Å². The van der Waals surface area contributed by atoms with Crippen LogP contribution in [0.3, 0.4) is 0 Å². The molecule has 3 amide bonds. The zero-order valence-corrected chi connectivity index (χ0v) is 8.73. The number of urea groups is 1. The molecule has 0 bridgehead atoms. The van der Waals surface area contributed by atoms with Crippen LogP contribution in [0.15, 0.2) is 0 Å². The molecule has 0 aliphatic rings. The first kappa shape index (κ1) is 13.4. The molecule has 0 spiro atoms. The van der Waals surface area contributed by atoms with Crippen molar-refractivity contribution in [1.29, 1.82) is 0 Å². The lowest BCUT2D eigenvalue weighted by molar-refractivity contribution is -0.155. The van der Waals surface area contributed by atoms with E-state index in [1.165, 1.54) is 20.9 Å². The number of hydrogen-bond donors (Lipinski definition) is 3. The molecule has 7 nitrogen and oxygen atoms in total. The van der Waals surface area contributed by atoms with Crippen LogP contribution in [0.4, 0.5) is 4.79 Å². The fourth-order valence-corrected chi connectivity index (χ4v) is 0.702. The maximum Gasteiger partial charge on any atom is 0.332 e. The second kappa shape index (κ2) is 5.97. The van der Waals surface area contributed by atoms with Crippen LogP contribution in [-0.2, 0) is 14.3 Å². The molecule has 2 atom stereocenters. The first-order chi connectivity index (χ1) is 6.88. The molecule has 0 saturated heterocycles. The standard InChI is InChI=1S/C8H14N2O5/c1-4(15-5(2)7(12)13)6(11)10-8(14)9-3/h4-5H,1-3H3,(H,12,13)(H2,9,10,11,14)/t4?,5-/m0/s1. The number of nitrogens with one attached hydrogen (secondary N) is 2. The van der Waals surface area contributed by atoms with Gasteiger partial charge in [0.2, 0.25) is 0 Å². The van der Waals surface area contributed by atoms with Gasteiger partial charge in [0.15, 0.2) is 6.10 Å². The second-order valence-electron chi connectivity index (χ2n) is 2.83. The number of hydrogen-bond acceptors (Lipinski definition) is 4. The number of carboxylic acid groups (broad SMARTS) is 1. The SMILES string of the molecule is CNC(=O)NC(=O)C(C)O[C@@H](C)C(=O)O. The summed E-state index contributed by atoms with van der Waals surface area (Å²) in [6.45, 7) is 2.66. The summed E-state index contributed by atoms with van der Waals surface area (Å²) in [5.41, 5.74) is 0. The number of ether oxygens (including phenoxy) is 1. The fourth-order valence-electron chi connectivity index (χ4n) is 0.702. The summed E-state index contributed by atoms with van der Waals surface area (Å²) >= 11 is 0. The molecule has 15 heavy (non-hydrogen) atoms. The Labute approximate surface area is 86.8 Å². The Bertz CT molecular complexity index is 266. The lowest BCUT2D eigenvalue weighted by Gasteiger charge is -2.15. The van der Waals surface area contributed by atoms with Gasteiger partial charge in [0.05, 0.1) is 0 Å². The highest BCUT2D eigenvalue weighted by Crippen LogP contribution is 1.98. The Hall–Kier alpha value is -1.63. The number of carbonyl (C=O) groups excluding carboxylic acids is 2. The van der Waals surface area contributed by atoms with E-state index < -0.39 is 30.1 Å². The maximum atomic E-state index is 11.2. The fraction of sp³-hybridized carbons (Fsp3) is 0.625. The van der Waals surface area contributed by atoms with Crippen LogP contribution in [-0.4, -0.2) is 42.3 Å². The average Bonchev–Trinajstić information content (AvgIpc) is 2.16. The molecule has 0 rings (SSSR count). The topological polar surface area (TPSA) is 105 Å². The summed E-state index contributed by atoms with van der Waals surface area (Å²) in [5.74, 6) is -1.86. The summed E-state index contributed by atoms with van der Waals surface area (Å²) in [4.78, 5) is 32.3. The zero-order valence-electron chi connectivity index (χ0n) is 8.73. The van der Waals surface area contributed by atoms with Gasteiger partial charge in [-0.3, -0.25) is 10.1 Å². The van der Waals surface area contributed by atoms with Crippen LogP contribution in [0.25, 0.3) is 0 Å². The Morgan fingerprint density at radius 1 is 1.20 bits per heavy atom. The Morgan fingerprint density at radius 3 is 2.13 bits per heavy atom. The van der Waals surface area contributed by atoms with Crippen molar-refractivity contribution >= 4 is 17.9 Å². The van der Waals surface area contributed by atoms with E-state index in [4.69, 9.17) is 9.84 Å². The first-order valence-corrected chi connectivity index (χ1v) is 4.29. The van der Waals surface area contributed by atoms with Crippen LogP contribution >= 0.6 is 0 Å². The van der Waals surface area contributed by atoms with Gasteiger partial charge in [0, 0.05) is 7.05 Å². The monoisotopic (exact) mass is 218 g/mol. The molecule has 1 unspecified atom stereocenters. The average molecular weight is 218 g/mol. The van der Waals surface area contributed by atoms with E-state index in [9.17, 15) is 14.4 Å². The largest absolute Gasteiger partial charge is 0.479 e. The van der Waals surface area contributed by atoms with Crippen molar-refractivity contribution in [2.75, 3.05) is 7.05 Å². The molecule has 0 aliphatic carbocycles. The van der Waals surface area contributed by atoms with Crippen molar-refractivity contribution in [3.8, 4) is 0 Å². The molecule has 0 aromatic rings. The predicted octanol–water partition coefficient (Wildman–Crippen LogP) is -0.680. The van der Waals surface area contributed by atoms with Crippen molar-refractivity contribution in [3.63, 3.8) is 0 Å². The number of rotatable bonds is 4. The van der Waals surface area contributed by atoms with E-state index in [2.05, 4.69) is 5.32 Å². The van der Waals surface area contributed by atoms with E-state index in [1.54, 1.807) is 0 Å². The van der Waals surface area contributed by atoms with Crippen LogP contribution in [0.2, 0.25) is 0 Å². The number of carboxylic acids is 1. The Balaban J connectivity index is 4.10. The van der Waals surface area contributed by atoms with E-state index in [0.717, 1.165) is 0 Å². The van der Waals surface area contributed by atoms with Gasteiger partial charge in [-0.15, -0.1) is 0 Å². The molecule has 0 fully saturated rings. The molecule has 86 valence electrons. The number of aliphatic carboxylic acids is 1. The van der Waals surface area contributed by atoms with E-state index in [1.807, 2.05) is 5.32 Å².